The molecule has 0 amide bonds. The number of halogens is 1. The van der Waals surface area contributed by atoms with Crippen LogP contribution >= 0.6 is 22.9 Å². The molecule has 0 saturated carbocycles. The number of aromatic nitrogens is 3. The Morgan fingerprint density at radius 1 is 1.07 bits per heavy atom. The molecule has 6 nitrogen and oxygen atoms in total. The van der Waals surface area contributed by atoms with Crippen molar-refractivity contribution in [2.45, 2.75) is 20.0 Å². The van der Waals surface area contributed by atoms with Crippen molar-refractivity contribution in [3.8, 4) is 22.7 Å². The van der Waals surface area contributed by atoms with Gasteiger partial charge in [-0.1, -0.05) is 35.9 Å². The maximum absolute atomic E-state index is 12.1. The third-order valence-electron chi connectivity index (χ3n) is 4.13. The first kappa shape index (κ1) is 19.3. The van der Waals surface area contributed by atoms with Crippen LogP contribution in [0.25, 0.3) is 22.7 Å². The van der Waals surface area contributed by atoms with Crippen molar-refractivity contribution >= 4 is 28.9 Å². The Labute approximate surface area is 176 Å². The molecule has 0 unspecified atom stereocenters. The zero-order valence-electron chi connectivity index (χ0n) is 15.5. The Morgan fingerprint density at radius 3 is 2.48 bits per heavy atom. The summed E-state index contributed by atoms with van der Waals surface area (Å²) in [5.74, 6) is 0.214. The number of thiazole rings is 1. The van der Waals surface area contributed by atoms with Crippen LogP contribution in [0.5, 0.6) is 0 Å². The first-order valence-electron chi connectivity index (χ1n) is 8.82. The predicted molar refractivity (Wildman–Crippen MR) is 111 cm³/mol. The largest absolute Gasteiger partial charge is 0.455 e. The lowest BCUT2D eigenvalue weighted by atomic mass is 10.1. The van der Waals surface area contributed by atoms with Crippen molar-refractivity contribution in [2.24, 2.45) is 0 Å². The van der Waals surface area contributed by atoms with Gasteiger partial charge in [0.1, 0.15) is 0 Å². The Morgan fingerprint density at radius 2 is 1.79 bits per heavy atom. The van der Waals surface area contributed by atoms with E-state index in [0.717, 1.165) is 27.4 Å². The first-order valence-corrected chi connectivity index (χ1v) is 10.1. The van der Waals surface area contributed by atoms with Crippen molar-refractivity contribution in [2.75, 3.05) is 0 Å². The molecule has 2 heterocycles. The van der Waals surface area contributed by atoms with Crippen LogP contribution in [0, 0.1) is 6.92 Å². The fourth-order valence-corrected chi connectivity index (χ4v) is 3.42. The maximum Gasteiger partial charge on any atom is 0.310 e. The highest BCUT2D eigenvalue weighted by molar-refractivity contribution is 7.09. The molecule has 0 atom stereocenters. The van der Waals surface area contributed by atoms with Gasteiger partial charge in [0.2, 0.25) is 5.89 Å². The molecular formula is C21H16ClN3O3S. The quantitative estimate of drug-likeness (QED) is 0.399. The van der Waals surface area contributed by atoms with Crippen molar-refractivity contribution in [1.82, 2.24) is 15.2 Å². The van der Waals surface area contributed by atoms with Crippen LogP contribution in [0.1, 0.15) is 16.5 Å². The molecule has 0 aliphatic carbocycles. The molecule has 0 aliphatic heterocycles. The SMILES string of the molecule is Cc1nc(-c2ccc(CC(=O)OCc3nnc(-c4ccc(Cl)cc4)o3)cc2)cs1. The third-order valence-corrected chi connectivity index (χ3v) is 5.16. The second kappa shape index (κ2) is 8.55. The minimum absolute atomic E-state index is 0.0738. The topological polar surface area (TPSA) is 78.1 Å². The van der Waals surface area contributed by atoms with Crippen LogP contribution in [0.3, 0.4) is 0 Å². The fraction of sp³-hybridized carbons (Fsp3) is 0.143. The summed E-state index contributed by atoms with van der Waals surface area (Å²) in [6.07, 6.45) is 0.161. The van der Waals surface area contributed by atoms with Crippen molar-refractivity contribution in [1.29, 1.82) is 0 Å². The van der Waals surface area contributed by atoms with Gasteiger partial charge >= 0.3 is 5.97 Å². The molecule has 4 rings (SSSR count). The Balaban J connectivity index is 1.31. The summed E-state index contributed by atoms with van der Waals surface area (Å²) < 4.78 is 10.8. The number of esters is 1. The van der Waals surface area contributed by atoms with Gasteiger partial charge < -0.3 is 9.15 Å². The van der Waals surface area contributed by atoms with Crippen molar-refractivity contribution in [3.05, 3.63) is 75.4 Å². The van der Waals surface area contributed by atoms with E-state index in [1.54, 1.807) is 35.6 Å². The normalized spacial score (nSPS) is 10.8. The molecule has 8 heteroatoms. The van der Waals surface area contributed by atoms with E-state index >= 15 is 0 Å². The van der Waals surface area contributed by atoms with Gasteiger partial charge in [0, 0.05) is 21.5 Å². The van der Waals surface area contributed by atoms with Crippen LogP contribution in [0.15, 0.2) is 58.3 Å². The number of hydrogen-bond donors (Lipinski definition) is 0. The molecule has 0 spiro atoms. The fourth-order valence-electron chi connectivity index (χ4n) is 2.67. The summed E-state index contributed by atoms with van der Waals surface area (Å²) >= 11 is 7.48. The van der Waals surface area contributed by atoms with Crippen LogP contribution in [0.4, 0.5) is 0 Å². The highest BCUT2D eigenvalue weighted by Gasteiger charge is 2.12. The summed E-state index contributed by atoms with van der Waals surface area (Å²) in [4.78, 5) is 16.6. The summed E-state index contributed by atoms with van der Waals surface area (Å²) in [6, 6.07) is 14.7. The molecule has 146 valence electrons. The minimum Gasteiger partial charge on any atom is -0.455 e. The number of carbonyl (C=O) groups excluding carboxylic acids is 1. The Hall–Kier alpha value is -3.03. The number of benzene rings is 2. The third kappa shape index (κ3) is 4.88. The number of aryl methyl sites for hydroxylation is 1. The zero-order chi connectivity index (χ0) is 20.2. The Bertz CT molecular complexity index is 1120. The lowest BCUT2D eigenvalue weighted by Gasteiger charge is -2.03. The number of carbonyl (C=O) groups is 1. The van der Waals surface area contributed by atoms with Crippen LogP contribution in [-0.2, 0) is 22.6 Å². The Kier molecular flexibility index (Phi) is 5.69. The predicted octanol–water partition coefficient (Wildman–Crippen LogP) is 5.11. The van der Waals surface area contributed by atoms with Gasteiger partial charge in [0.05, 0.1) is 17.1 Å². The van der Waals surface area contributed by atoms with E-state index in [4.69, 9.17) is 20.8 Å². The van der Waals surface area contributed by atoms with Crippen molar-refractivity contribution in [3.63, 3.8) is 0 Å². The number of rotatable bonds is 6. The molecule has 29 heavy (non-hydrogen) atoms. The van der Waals surface area contributed by atoms with Gasteiger partial charge in [0.15, 0.2) is 6.61 Å². The van der Waals surface area contributed by atoms with E-state index in [2.05, 4.69) is 15.2 Å². The molecule has 4 aromatic rings. The average molecular weight is 426 g/mol. The van der Waals surface area contributed by atoms with Gasteiger partial charge in [-0.15, -0.1) is 21.5 Å². The number of hydrogen-bond acceptors (Lipinski definition) is 7. The summed E-state index contributed by atoms with van der Waals surface area (Å²) in [7, 11) is 0. The molecule has 2 aromatic carbocycles. The minimum atomic E-state index is -0.367. The second-order valence-electron chi connectivity index (χ2n) is 6.29. The van der Waals surface area contributed by atoms with Gasteiger partial charge in [-0.3, -0.25) is 4.79 Å². The lowest BCUT2D eigenvalue weighted by Crippen LogP contribution is -2.08. The van der Waals surface area contributed by atoms with E-state index in [9.17, 15) is 4.79 Å². The highest BCUT2D eigenvalue weighted by atomic mass is 35.5. The number of ether oxygens (including phenoxy) is 1. The summed E-state index contributed by atoms with van der Waals surface area (Å²) in [5, 5.41) is 11.5. The highest BCUT2D eigenvalue weighted by Crippen LogP contribution is 2.22. The van der Waals surface area contributed by atoms with Crippen LogP contribution in [-0.4, -0.2) is 21.2 Å². The van der Waals surface area contributed by atoms with E-state index in [1.165, 1.54) is 0 Å². The molecule has 0 saturated heterocycles. The van der Waals surface area contributed by atoms with Crippen molar-refractivity contribution < 1.29 is 13.9 Å². The molecule has 0 bridgehead atoms. The van der Waals surface area contributed by atoms with E-state index in [0.29, 0.717) is 10.9 Å². The molecule has 0 N–H and O–H groups in total. The van der Waals surface area contributed by atoms with E-state index in [-0.39, 0.29) is 24.9 Å². The lowest BCUT2D eigenvalue weighted by molar-refractivity contribution is -0.144. The van der Waals surface area contributed by atoms with Gasteiger partial charge in [-0.05, 0) is 36.8 Å². The zero-order valence-corrected chi connectivity index (χ0v) is 17.0. The smallest absolute Gasteiger partial charge is 0.310 e. The first-order chi connectivity index (χ1) is 14.1. The van der Waals surface area contributed by atoms with Crippen LogP contribution in [0.2, 0.25) is 5.02 Å². The van der Waals surface area contributed by atoms with Crippen LogP contribution < -0.4 is 0 Å². The van der Waals surface area contributed by atoms with Gasteiger partial charge in [-0.25, -0.2) is 4.98 Å². The maximum atomic E-state index is 12.1. The monoisotopic (exact) mass is 425 g/mol. The van der Waals surface area contributed by atoms with E-state index < -0.39 is 0 Å². The average Bonchev–Trinajstić information content (AvgIpc) is 3.37. The molecule has 2 aromatic heterocycles. The van der Waals surface area contributed by atoms with E-state index in [1.807, 2.05) is 36.6 Å². The summed E-state index contributed by atoms with van der Waals surface area (Å²) in [5.41, 5.74) is 3.56. The molecule has 0 fully saturated rings. The van der Waals surface area contributed by atoms with Gasteiger partial charge in [0.25, 0.3) is 5.89 Å². The van der Waals surface area contributed by atoms with Gasteiger partial charge in [-0.2, -0.15) is 0 Å². The standard InChI is InChI=1S/C21H16ClN3O3S/c1-13-23-18(12-29-13)15-4-2-14(3-5-15)10-20(26)27-11-19-24-25-21(28-19)16-6-8-17(22)9-7-16/h2-9,12H,10-11H2,1H3. The second-order valence-corrected chi connectivity index (χ2v) is 7.79. The molecule has 0 aliphatic rings. The molecule has 0 radical (unpaired) electrons. The summed E-state index contributed by atoms with van der Waals surface area (Å²) in [6.45, 7) is 1.90. The number of nitrogens with zero attached hydrogens (tertiary/aromatic N) is 3. The molecular weight excluding hydrogens is 410 g/mol.